The van der Waals surface area contributed by atoms with E-state index in [1.807, 2.05) is 35.2 Å². The maximum Gasteiger partial charge on any atom is 0.247 e. The summed E-state index contributed by atoms with van der Waals surface area (Å²) in [6.07, 6.45) is 5.61. The highest BCUT2D eigenvalue weighted by Crippen LogP contribution is 2.35. The average Bonchev–Trinajstić information content (AvgIpc) is 3.32. The van der Waals surface area contributed by atoms with Crippen molar-refractivity contribution < 1.29 is 14.3 Å². The van der Waals surface area contributed by atoms with Gasteiger partial charge in [0.25, 0.3) is 0 Å². The summed E-state index contributed by atoms with van der Waals surface area (Å²) in [5.74, 6) is 1.56. The highest BCUT2D eigenvalue weighted by Gasteiger charge is 2.29. The van der Waals surface area contributed by atoms with Crippen LogP contribution in [0.1, 0.15) is 29.3 Å². The van der Waals surface area contributed by atoms with E-state index < -0.39 is 0 Å². The maximum absolute atomic E-state index is 12.5. The Balaban J connectivity index is 1.49. The van der Waals surface area contributed by atoms with Gasteiger partial charge in [0.2, 0.25) is 12.7 Å². The fourth-order valence-electron chi connectivity index (χ4n) is 3.09. The molecule has 1 amide bonds. The third-order valence-corrected chi connectivity index (χ3v) is 5.20. The standard InChI is InChI=1S/C18H17NO3S/c20-18(19-9-1-3-14(19)17-4-2-10-23-17)8-6-13-5-7-15-16(11-13)22-12-21-15/h2,4-8,10-11,14H,1,3,9,12H2/b8-6+. The molecule has 0 saturated carbocycles. The fourth-order valence-corrected chi connectivity index (χ4v) is 3.96. The number of thiophene rings is 1. The summed E-state index contributed by atoms with van der Waals surface area (Å²) in [6.45, 7) is 1.09. The predicted molar refractivity (Wildman–Crippen MR) is 89.6 cm³/mol. The van der Waals surface area contributed by atoms with Crippen molar-refractivity contribution in [2.75, 3.05) is 13.3 Å². The molecule has 0 N–H and O–H groups in total. The van der Waals surface area contributed by atoms with Crippen LogP contribution < -0.4 is 9.47 Å². The quantitative estimate of drug-likeness (QED) is 0.804. The third-order valence-electron chi connectivity index (χ3n) is 4.22. The number of rotatable bonds is 3. The van der Waals surface area contributed by atoms with Gasteiger partial charge in [-0.3, -0.25) is 4.79 Å². The Morgan fingerprint density at radius 1 is 1.26 bits per heavy atom. The number of hydrogen-bond donors (Lipinski definition) is 0. The van der Waals surface area contributed by atoms with Crippen LogP contribution >= 0.6 is 11.3 Å². The summed E-state index contributed by atoms with van der Waals surface area (Å²) in [4.78, 5) is 15.8. The second-order valence-corrected chi connectivity index (χ2v) is 6.63. The molecule has 1 saturated heterocycles. The highest BCUT2D eigenvalue weighted by molar-refractivity contribution is 7.10. The predicted octanol–water partition coefficient (Wildman–Crippen LogP) is 3.85. The molecule has 2 aromatic rings. The van der Waals surface area contributed by atoms with E-state index in [-0.39, 0.29) is 18.7 Å². The molecule has 0 aliphatic carbocycles. The van der Waals surface area contributed by atoms with E-state index in [4.69, 9.17) is 9.47 Å². The molecule has 23 heavy (non-hydrogen) atoms. The molecule has 3 heterocycles. The first-order valence-electron chi connectivity index (χ1n) is 7.73. The van der Waals surface area contributed by atoms with Gasteiger partial charge in [-0.1, -0.05) is 12.1 Å². The lowest BCUT2D eigenvalue weighted by atomic mass is 10.1. The van der Waals surface area contributed by atoms with Crippen LogP contribution in [0.3, 0.4) is 0 Å². The van der Waals surface area contributed by atoms with Crippen LogP contribution in [0.25, 0.3) is 6.08 Å². The van der Waals surface area contributed by atoms with Gasteiger partial charge in [0.05, 0.1) is 6.04 Å². The number of fused-ring (bicyclic) bond motifs is 1. The monoisotopic (exact) mass is 327 g/mol. The largest absolute Gasteiger partial charge is 0.454 e. The van der Waals surface area contributed by atoms with Gasteiger partial charge in [0.1, 0.15) is 0 Å². The van der Waals surface area contributed by atoms with Crippen molar-refractivity contribution in [1.82, 2.24) is 4.90 Å². The molecule has 1 aromatic carbocycles. The number of benzene rings is 1. The first-order chi connectivity index (χ1) is 11.3. The van der Waals surface area contributed by atoms with E-state index in [1.54, 1.807) is 17.4 Å². The number of nitrogens with zero attached hydrogens (tertiary/aromatic N) is 1. The van der Waals surface area contributed by atoms with Gasteiger partial charge >= 0.3 is 0 Å². The van der Waals surface area contributed by atoms with Crippen molar-refractivity contribution in [2.24, 2.45) is 0 Å². The minimum atomic E-state index is 0.0681. The SMILES string of the molecule is O=C(/C=C/c1ccc2c(c1)OCO2)N1CCCC1c1cccs1. The lowest BCUT2D eigenvalue weighted by molar-refractivity contribution is -0.126. The normalized spacial score (nSPS) is 19.7. The summed E-state index contributed by atoms with van der Waals surface area (Å²) >= 11 is 1.72. The molecule has 0 radical (unpaired) electrons. The first-order valence-corrected chi connectivity index (χ1v) is 8.61. The van der Waals surface area contributed by atoms with Crippen LogP contribution in [0.4, 0.5) is 0 Å². The summed E-state index contributed by atoms with van der Waals surface area (Å²) in [5.41, 5.74) is 0.939. The Bertz CT molecular complexity index is 739. The molecule has 118 valence electrons. The number of amides is 1. The van der Waals surface area contributed by atoms with Crippen LogP contribution in [0, 0.1) is 0 Å². The fraction of sp³-hybridized carbons (Fsp3) is 0.278. The summed E-state index contributed by atoms with van der Waals surface area (Å²) in [6, 6.07) is 10.1. The van der Waals surface area contributed by atoms with E-state index in [9.17, 15) is 4.79 Å². The third kappa shape index (κ3) is 2.84. The lowest BCUT2D eigenvalue weighted by Gasteiger charge is -2.22. The molecule has 2 aliphatic heterocycles. The number of carbonyl (C=O) groups excluding carboxylic acids is 1. The summed E-state index contributed by atoms with van der Waals surface area (Å²) < 4.78 is 10.7. The molecule has 1 aromatic heterocycles. The second-order valence-electron chi connectivity index (χ2n) is 5.65. The maximum atomic E-state index is 12.5. The molecule has 1 fully saturated rings. The van der Waals surface area contributed by atoms with E-state index in [1.165, 1.54) is 4.88 Å². The van der Waals surface area contributed by atoms with E-state index in [2.05, 4.69) is 11.4 Å². The molecule has 1 unspecified atom stereocenters. The second kappa shape index (κ2) is 6.08. The van der Waals surface area contributed by atoms with Gasteiger partial charge in [0.15, 0.2) is 11.5 Å². The van der Waals surface area contributed by atoms with Crippen molar-refractivity contribution in [2.45, 2.75) is 18.9 Å². The Kier molecular flexibility index (Phi) is 3.79. The van der Waals surface area contributed by atoms with Gasteiger partial charge in [-0.15, -0.1) is 11.3 Å². The summed E-state index contributed by atoms with van der Waals surface area (Å²) in [7, 11) is 0. The Labute approximate surface area is 138 Å². The number of carbonyl (C=O) groups is 1. The average molecular weight is 327 g/mol. The lowest BCUT2D eigenvalue weighted by Crippen LogP contribution is -2.28. The molecule has 4 rings (SSSR count). The highest BCUT2D eigenvalue weighted by atomic mass is 32.1. The van der Waals surface area contributed by atoms with Crippen molar-refractivity contribution in [3.05, 3.63) is 52.2 Å². The molecule has 2 aliphatic rings. The van der Waals surface area contributed by atoms with Crippen molar-refractivity contribution in [3.8, 4) is 11.5 Å². The topological polar surface area (TPSA) is 38.8 Å². The van der Waals surface area contributed by atoms with Gasteiger partial charge in [-0.2, -0.15) is 0 Å². The number of ether oxygens (including phenoxy) is 2. The minimum Gasteiger partial charge on any atom is -0.454 e. The Morgan fingerprint density at radius 2 is 2.17 bits per heavy atom. The molecular formula is C18H17NO3S. The molecular weight excluding hydrogens is 310 g/mol. The number of hydrogen-bond acceptors (Lipinski definition) is 4. The van der Waals surface area contributed by atoms with Crippen LogP contribution in [0.15, 0.2) is 41.8 Å². The first kappa shape index (κ1) is 14.3. The summed E-state index contributed by atoms with van der Waals surface area (Å²) in [5, 5.41) is 2.07. The van der Waals surface area contributed by atoms with Crippen LogP contribution in [-0.4, -0.2) is 24.1 Å². The smallest absolute Gasteiger partial charge is 0.247 e. The van der Waals surface area contributed by atoms with E-state index >= 15 is 0 Å². The molecule has 1 atom stereocenters. The Morgan fingerprint density at radius 3 is 3.04 bits per heavy atom. The zero-order chi connectivity index (χ0) is 15.6. The van der Waals surface area contributed by atoms with E-state index in [0.29, 0.717) is 0 Å². The molecule has 0 spiro atoms. The van der Waals surface area contributed by atoms with Crippen molar-refractivity contribution in [1.29, 1.82) is 0 Å². The zero-order valence-electron chi connectivity index (χ0n) is 12.6. The van der Waals surface area contributed by atoms with Gasteiger partial charge in [-0.05, 0) is 48.1 Å². The van der Waals surface area contributed by atoms with Gasteiger partial charge in [0, 0.05) is 17.5 Å². The molecule has 0 bridgehead atoms. The molecule has 4 nitrogen and oxygen atoms in total. The minimum absolute atomic E-state index is 0.0681. The van der Waals surface area contributed by atoms with Crippen LogP contribution in [0.5, 0.6) is 11.5 Å². The molecule has 5 heteroatoms. The zero-order valence-corrected chi connectivity index (χ0v) is 13.4. The Hall–Kier alpha value is -2.27. The van der Waals surface area contributed by atoms with Gasteiger partial charge < -0.3 is 14.4 Å². The van der Waals surface area contributed by atoms with E-state index in [0.717, 1.165) is 36.4 Å². The van der Waals surface area contributed by atoms with Crippen LogP contribution in [0.2, 0.25) is 0 Å². The van der Waals surface area contributed by atoms with Crippen molar-refractivity contribution >= 4 is 23.3 Å². The number of likely N-dealkylation sites (tertiary alicyclic amines) is 1. The van der Waals surface area contributed by atoms with Crippen molar-refractivity contribution in [3.63, 3.8) is 0 Å². The van der Waals surface area contributed by atoms with Crippen LogP contribution in [-0.2, 0) is 4.79 Å². The van der Waals surface area contributed by atoms with Gasteiger partial charge in [-0.25, -0.2) is 0 Å².